The quantitative estimate of drug-likeness (QED) is 0.0891. The number of allylic oxidation sites excluding steroid dienone is 1. The van der Waals surface area contributed by atoms with Gasteiger partial charge in [0.1, 0.15) is 17.1 Å². The van der Waals surface area contributed by atoms with E-state index in [0.717, 1.165) is 16.4 Å². The summed E-state index contributed by atoms with van der Waals surface area (Å²) in [5.41, 5.74) is 5.29. The second kappa shape index (κ2) is 12.5. The van der Waals surface area contributed by atoms with Crippen LogP contribution in [0.4, 0.5) is 9.93 Å². The highest BCUT2D eigenvalue weighted by Crippen LogP contribution is 2.41. The van der Waals surface area contributed by atoms with Crippen molar-refractivity contribution in [2.75, 3.05) is 31.1 Å². The molecule has 248 valence electrons. The zero-order valence-electron chi connectivity index (χ0n) is 24.4. The first-order valence-corrected chi connectivity index (χ1v) is 15.8. The SMILES string of the molecule is Cc1oc(=O)oc1COC(=O)N1CC[C@H](N2CC/C(=C\C3=C(C(=O)O)N4C(=O)[C@@H](NC(=O)/C(=N\O)c5nsc(N)n5)[C@H]4SC3)C2=O)C1. The number of ether oxygens (including phenoxy) is 1. The molecule has 6 heterocycles. The monoisotopic (exact) mass is 690 g/mol. The number of aromatic nitrogens is 2. The lowest BCUT2D eigenvalue weighted by atomic mass is 10.0. The summed E-state index contributed by atoms with van der Waals surface area (Å²) in [4.78, 5) is 83.2. The van der Waals surface area contributed by atoms with E-state index in [1.807, 2.05) is 0 Å². The average molecular weight is 691 g/mol. The number of carboxylic acids is 1. The zero-order valence-corrected chi connectivity index (χ0v) is 26.0. The van der Waals surface area contributed by atoms with Crippen molar-refractivity contribution in [3.63, 3.8) is 0 Å². The summed E-state index contributed by atoms with van der Waals surface area (Å²) in [6.07, 6.45) is 1.68. The van der Waals surface area contributed by atoms with Crippen LogP contribution in [0.5, 0.6) is 0 Å². The van der Waals surface area contributed by atoms with Crippen LogP contribution in [0.2, 0.25) is 0 Å². The number of nitrogens with two attached hydrogens (primary N) is 1. The largest absolute Gasteiger partial charge is 0.519 e. The van der Waals surface area contributed by atoms with Gasteiger partial charge < -0.3 is 44.7 Å². The number of fused-ring (bicyclic) bond motifs is 1. The Kier molecular flexibility index (Phi) is 8.49. The molecule has 0 aliphatic carbocycles. The summed E-state index contributed by atoms with van der Waals surface area (Å²) in [5.74, 6) is -4.02. The summed E-state index contributed by atoms with van der Waals surface area (Å²) in [6.45, 7) is 2.14. The molecule has 6 rings (SSSR count). The number of likely N-dealkylation sites (tertiary alicyclic amines) is 2. The van der Waals surface area contributed by atoms with Crippen LogP contribution in [-0.4, -0.2) is 113 Å². The van der Waals surface area contributed by atoms with E-state index < -0.39 is 46.8 Å². The molecule has 3 fully saturated rings. The lowest BCUT2D eigenvalue weighted by Gasteiger charge is -2.49. The minimum Gasteiger partial charge on any atom is -0.477 e. The molecule has 0 unspecified atom stereocenters. The Morgan fingerprint density at radius 2 is 2.02 bits per heavy atom. The molecule has 4 aliphatic heterocycles. The number of aliphatic carboxylic acids is 1. The fourth-order valence-electron chi connectivity index (χ4n) is 5.70. The molecule has 2 aromatic heterocycles. The molecule has 5 N–H and O–H groups in total. The molecular weight excluding hydrogens is 664 g/mol. The van der Waals surface area contributed by atoms with E-state index in [2.05, 4.69) is 19.8 Å². The maximum Gasteiger partial charge on any atom is 0.519 e. The van der Waals surface area contributed by atoms with Crippen LogP contribution in [0.25, 0.3) is 0 Å². The molecule has 4 amide bonds. The molecule has 3 saturated heterocycles. The number of oxime groups is 1. The number of hydrogen-bond donors (Lipinski definition) is 4. The third kappa shape index (κ3) is 5.93. The Labute approximate surface area is 271 Å². The molecular formula is C26H26N8O11S2. The number of nitrogens with one attached hydrogen (secondary N) is 1. The first-order chi connectivity index (χ1) is 22.5. The van der Waals surface area contributed by atoms with Gasteiger partial charge in [-0.15, -0.1) is 11.8 Å². The normalized spacial score (nSPS) is 23.8. The number of β-lactam (4-membered cyclic amide) rings is 1. The Morgan fingerprint density at radius 3 is 2.68 bits per heavy atom. The highest BCUT2D eigenvalue weighted by Gasteiger charge is 2.54. The number of carboxylic acid groups (broad SMARTS) is 1. The first kappa shape index (κ1) is 31.8. The zero-order chi connectivity index (χ0) is 33.6. The second-order valence-corrected chi connectivity index (χ2v) is 12.6. The van der Waals surface area contributed by atoms with Gasteiger partial charge >= 0.3 is 17.9 Å². The van der Waals surface area contributed by atoms with Crippen LogP contribution in [0.3, 0.4) is 0 Å². The highest BCUT2D eigenvalue weighted by molar-refractivity contribution is 8.00. The van der Waals surface area contributed by atoms with Crippen molar-refractivity contribution in [1.82, 2.24) is 29.4 Å². The van der Waals surface area contributed by atoms with Crippen LogP contribution < -0.4 is 16.9 Å². The van der Waals surface area contributed by atoms with E-state index in [1.54, 1.807) is 4.90 Å². The summed E-state index contributed by atoms with van der Waals surface area (Å²) in [5, 5.41) is 24.0. The van der Waals surface area contributed by atoms with Gasteiger partial charge in [0.2, 0.25) is 17.4 Å². The summed E-state index contributed by atoms with van der Waals surface area (Å²) >= 11 is 1.97. The number of hydrogen-bond acceptors (Lipinski definition) is 16. The number of amides is 4. The van der Waals surface area contributed by atoms with Crippen molar-refractivity contribution in [1.29, 1.82) is 0 Å². The third-order valence-electron chi connectivity index (χ3n) is 7.99. The number of rotatable bonds is 8. The van der Waals surface area contributed by atoms with Crippen molar-refractivity contribution < 1.29 is 47.9 Å². The van der Waals surface area contributed by atoms with Crippen LogP contribution in [0, 0.1) is 6.92 Å². The van der Waals surface area contributed by atoms with Gasteiger partial charge in [-0.1, -0.05) is 5.16 Å². The number of thioether (sulfide) groups is 1. The number of aryl methyl sites for hydroxylation is 1. The number of carbonyl (C=O) groups excluding carboxylic acids is 4. The van der Waals surface area contributed by atoms with Gasteiger partial charge in [-0.2, -0.15) is 9.36 Å². The number of anilines is 1. The molecule has 0 radical (unpaired) electrons. The molecule has 21 heteroatoms. The Bertz CT molecular complexity index is 1830. The smallest absolute Gasteiger partial charge is 0.477 e. The predicted molar refractivity (Wildman–Crippen MR) is 159 cm³/mol. The Morgan fingerprint density at radius 1 is 1.23 bits per heavy atom. The van der Waals surface area contributed by atoms with Crippen molar-refractivity contribution >= 4 is 63.9 Å². The van der Waals surface area contributed by atoms with E-state index in [0.29, 0.717) is 31.5 Å². The van der Waals surface area contributed by atoms with E-state index >= 15 is 0 Å². The van der Waals surface area contributed by atoms with Crippen LogP contribution in [-0.2, 0) is 30.5 Å². The molecule has 2 aromatic rings. The summed E-state index contributed by atoms with van der Waals surface area (Å²) in [7, 11) is 0. The van der Waals surface area contributed by atoms with Gasteiger partial charge in [-0.25, -0.2) is 14.4 Å². The van der Waals surface area contributed by atoms with Crippen molar-refractivity contribution in [2.24, 2.45) is 5.16 Å². The molecule has 0 bridgehead atoms. The number of nitrogen functional groups attached to an aromatic ring is 1. The van der Waals surface area contributed by atoms with Crippen LogP contribution in [0.1, 0.15) is 30.2 Å². The van der Waals surface area contributed by atoms with Gasteiger partial charge in [-0.05, 0) is 31.4 Å². The van der Waals surface area contributed by atoms with E-state index in [9.17, 15) is 39.1 Å². The van der Waals surface area contributed by atoms with Gasteiger partial charge in [0.25, 0.3) is 11.8 Å². The van der Waals surface area contributed by atoms with Crippen molar-refractivity contribution in [3.8, 4) is 0 Å². The number of nitrogens with zero attached hydrogens (tertiary/aromatic N) is 6. The lowest BCUT2D eigenvalue weighted by Crippen LogP contribution is -2.71. The summed E-state index contributed by atoms with van der Waals surface area (Å²) < 4.78 is 18.6. The van der Waals surface area contributed by atoms with Gasteiger partial charge in [-0.3, -0.25) is 19.3 Å². The van der Waals surface area contributed by atoms with E-state index in [4.69, 9.17) is 19.3 Å². The van der Waals surface area contributed by atoms with Gasteiger partial charge in [0, 0.05) is 42.5 Å². The van der Waals surface area contributed by atoms with Crippen LogP contribution in [0.15, 0.2) is 41.7 Å². The molecule has 0 spiro atoms. The Hall–Kier alpha value is -5.18. The second-order valence-electron chi connectivity index (χ2n) is 10.7. The fourth-order valence-corrected chi connectivity index (χ4v) is 7.44. The highest BCUT2D eigenvalue weighted by atomic mass is 32.2. The molecule has 47 heavy (non-hydrogen) atoms. The third-order valence-corrected chi connectivity index (χ3v) is 9.83. The van der Waals surface area contributed by atoms with Gasteiger partial charge in [0.15, 0.2) is 23.3 Å². The van der Waals surface area contributed by atoms with E-state index in [-0.39, 0.29) is 64.6 Å². The fraction of sp³-hybridized carbons (Fsp3) is 0.423. The predicted octanol–water partition coefficient (Wildman–Crippen LogP) is -0.538. The van der Waals surface area contributed by atoms with Crippen LogP contribution >= 0.6 is 23.3 Å². The molecule has 0 aromatic carbocycles. The topological polar surface area (TPSA) is 264 Å². The average Bonchev–Trinajstić information content (AvgIpc) is 3.83. The number of carbonyl (C=O) groups is 5. The summed E-state index contributed by atoms with van der Waals surface area (Å²) in [6, 6.07) is -1.41. The lowest BCUT2D eigenvalue weighted by molar-refractivity contribution is -0.150. The minimum atomic E-state index is -1.38. The maximum atomic E-state index is 13.4. The first-order valence-electron chi connectivity index (χ1n) is 14.0. The van der Waals surface area contributed by atoms with E-state index in [1.165, 1.54) is 29.7 Å². The van der Waals surface area contributed by atoms with Crippen molar-refractivity contribution in [3.05, 3.63) is 50.9 Å². The Balaban J connectivity index is 1.09. The molecule has 0 saturated carbocycles. The maximum absolute atomic E-state index is 13.4. The van der Waals surface area contributed by atoms with Gasteiger partial charge in [0.05, 0.1) is 6.04 Å². The van der Waals surface area contributed by atoms with Crippen molar-refractivity contribution in [2.45, 2.75) is 43.8 Å². The molecule has 3 atom stereocenters. The standard InChI is InChI=1S/C26H26N8O11S2/c1-10-14(45-26(41)44-10)8-43-25(40)32-4-3-13(7-32)33-5-2-11(20(33)36)6-12-9-46-22-16(21(37)34(22)17(12)23(38)39)28-19(35)15(30-42)18-29-24(27)47-31-18/h6,13,16,22,42H,2-5,7-9H2,1H3,(H,28,35)(H,38,39)(H2,27,29,31)/b11-6+,30-15-/t13-,16+,22+/m0/s1. The molecule has 4 aliphatic rings. The molecule has 19 nitrogen and oxygen atoms in total. The minimum absolute atomic E-state index is 0.0324.